The zero-order chi connectivity index (χ0) is 13.7. The molecule has 0 saturated carbocycles. The summed E-state index contributed by atoms with van der Waals surface area (Å²) in [6, 6.07) is 14.4. The molecule has 0 saturated heterocycles. The first-order chi connectivity index (χ1) is 9.19. The lowest BCUT2D eigenvalue weighted by molar-refractivity contribution is 0.632. The SMILES string of the molecule is CCc1ccc(NC(=S)Nc2ccccc2F)cc1. The fourth-order valence-electron chi connectivity index (χ4n) is 1.67. The lowest BCUT2D eigenvalue weighted by Crippen LogP contribution is -2.19. The predicted octanol–water partition coefficient (Wildman–Crippen LogP) is 4.20. The van der Waals surface area contributed by atoms with Crippen LogP contribution in [0.1, 0.15) is 12.5 Å². The van der Waals surface area contributed by atoms with Crippen LogP contribution in [0.4, 0.5) is 15.8 Å². The molecule has 0 unspecified atom stereocenters. The summed E-state index contributed by atoms with van der Waals surface area (Å²) in [4.78, 5) is 0. The first-order valence-corrected chi connectivity index (χ1v) is 6.51. The second-order valence-corrected chi connectivity index (χ2v) is 4.52. The molecular formula is C15H15FN2S. The molecule has 0 amide bonds. The van der Waals surface area contributed by atoms with Crippen LogP contribution in [-0.2, 0) is 6.42 Å². The van der Waals surface area contributed by atoms with Crippen LogP contribution in [0, 0.1) is 5.82 Å². The third-order valence-corrected chi connectivity index (χ3v) is 2.95. The van der Waals surface area contributed by atoms with Crippen LogP contribution < -0.4 is 10.6 Å². The molecule has 0 heterocycles. The number of aryl methyl sites for hydroxylation is 1. The van der Waals surface area contributed by atoms with Gasteiger partial charge in [-0.2, -0.15) is 0 Å². The van der Waals surface area contributed by atoms with E-state index < -0.39 is 0 Å². The summed E-state index contributed by atoms with van der Waals surface area (Å²) in [7, 11) is 0. The molecular weight excluding hydrogens is 259 g/mol. The third-order valence-electron chi connectivity index (χ3n) is 2.74. The van der Waals surface area contributed by atoms with Crippen LogP contribution in [-0.4, -0.2) is 5.11 Å². The normalized spacial score (nSPS) is 10.0. The molecule has 2 rings (SSSR count). The summed E-state index contributed by atoms with van der Waals surface area (Å²) in [6.07, 6.45) is 0.998. The van der Waals surface area contributed by atoms with Gasteiger partial charge in [0.1, 0.15) is 5.82 Å². The minimum Gasteiger partial charge on any atom is -0.332 e. The van der Waals surface area contributed by atoms with E-state index >= 15 is 0 Å². The maximum absolute atomic E-state index is 13.4. The number of anilines is 2. The van der Waals surface area contributed by atoms with Gasteiger partial charge in [0.2, 0.25) is 0 Å². The smallest absolute Gasteiger partial charge is 0.175 e. The monoisotopic (exact) mass is 274 g/mol. The Labute approximate surface area is 117 Å². The van der Waals surface area contributed by atoms with Crippen molar-refractivity contribution in [3.8, 4) is 0 Å². The van der Waals surface area contributed by atoms with E-state index in [1.807, 2.05) is 24.3 Å². The van der Waals surface area contributed by atoms with E-state index in [0.29, 0.717) is 10.8 Å². The first kappa shape index (κ1) is 13.5. The van der Waals surface area contributed by atoms with Gasteiger partial charge in [-0.1, -0.05) is 31.2 Å². The van der Waals surface area contributed by atoms with Gasteiger partial charge in [-0.15, -0.1) is 0 Å². The highest BCUT2D eigenvalue weighted by molar-refractivity contribution is 7.80. The molecule has 2 N–H and O–H groups in total. The van der Waals surface area contributed by atoms with E-state index in [1.54, 1.807) is 18.2 Å². The summed E-state index contributed by atoms with van der Waals surface area (Å²) in [5, 5.41) is 6.22. The van der Waals surface area contributed by atoms with Crippen LogP contribution >= 0.6 is 12.2 Å². The van der Waals surface area contributed by atoms with Crippen LogP contribution in [0.25, 0.3) is 0 Å². The second kappa shape index (κ2) is 6.29. The average molecular weight is 274 g/mol. The topological polar surface area (TPSA) is 24.1 Å². The molecule has 0 aliphatic heterocycles. The molecule has 2 aromatic rings. The molecule has 0 fully saturated rings. The van der Waals surface area contributed by atoms with Gasteiger partial charge in [0.15, 0.2) is 5.11 Å². The number of hydrogen-bond donors (Lipinski definition) is 2. The van der Waals surface area contributed by atoms with Crippen LogP contribution in [0.5, 0.6) is 0 Å². The Balaban J connectivity index is 1.99. The number of nitrogens with one attached hydrogen (secondary N) is 2. The number of hydrogen-bond acceptors (Lipinski definition) is 1. The first-order valence-electron chi connectivity index (χ1n) is 6.10. The maximum atomic E-state index is 13.4. The molecule has 0 radical (unpaired) electrons. The van der Waals surface area contributed by atoms with E-state index in [9.17, 15) is 4.39 Å². The molecule has 0 aliphatic rings. The Morgan fingerprint density at radius 2 is 1.74 bits per heavy atom. The minimum absolute atomic E-state index is 0.326. The summed E-state index contributed by atoms with van der Waals surface area (Å²) in [5.74, 6) is -0.326. The highest BCUT2D eigenvalue weighted by Crippen LogP contribution is 2.14. The van der Waals surface area contributed by atoms with Crippen molar-refractivity contribution in [3.63, 3.8) is 0 Å². The average Bonchev–Trinajstić information content (AvgIpc) is 2.42. The highest BCUT2D eigenvalue weighted by Gasteiger charge is 2.03. The molecule has 0 aliphatic carbocycles. The summed E-state index contributed by atoms with van der Waals surface area (Å²) in [6.45, 7) is 2.10. The number of halogens is 1. The largest absolute Gasteiger partial charge is 0.332 e. The molecule has 0 bridgehead atoms. The van der Waals surface area contributed by atoms with E-state index in [2.05, 4.69) is 17.6 Å². The summed E-state index contributed by atoms with van der Waals surface area (Å²) >= 11 is 5.15. The number of para-hydroxylation sites is 1. The Morgan fingerprint density at radius 1 is 1.05 bits per heavy atom. The van der Waals surface area contributed by atoms with Crippen molar-refractivity contribution < 1.29 is 4.39 Å². The van der Waals surface area contributed by atoms with Crippen molar-refractivity contribution in [2.75, 3.05) is 10.6 Å². The third kappa shape index (κ3) is 3.76. The van der Waals surface area contributed by atoms with E-state index in [4.69, 9.17) is 12.2 Å². The van der Waals surface area contributed by atoms with Gasteiger partial charge < -0.3 is 10.6 Å². The van der Waals surface area contributed by atoms with Crippen LogP contribution in [0.3, 0.4) is 0 Å². The Morgan fingerprint density at radius 3 is 2.37 bits per heavy atom. The van der Waals surface area contributed by atoms with Crippen LogP contribution in [0.15, 0.2) is 48.5 Å². The molecule has 4 heteroatoms. The van der Waals surface area contributed by atoms with E-state index in [0.717, 1.165) is 12.1 Å². The van der Waals surface area contributed by atoms with Gasteiger partial charge in [0.05, 0.1) is 5.69 Å². The Hall–Kier alpha value is -1.94. The van der Waals surface area contributed by atoms with Gasteiger partial charge in [0.25, 0.3) is 0 Å². The molecule has 2 aromatic carbocycles. The maximum Gasteiger partial charge on any atom is 0.175 e. The number of benzene rings is 2. The molecule has 98 valence electrons. The molecule has 2 nitrogen and oxygen atoms in total. The van der Waals surface area contributed by atoms with Crippen molar-refractivity contribution in [3.05, 3.63) is 59.9 Å². The molecule has 19 heavy (non-hydrogen) atoms. The van der Waals surface area contributed by atoms with Gasteiger partial charge in [-0.3, -0.25) is 0 Å². The van der Waals surface area contributed by atoms with Gasteiger partial charge in [-0.25, -0.2) is 4.39 Å². The van der Waals surface area contributed by atoms with Crippen molar-refractivity contribution in [1.82, 2.24) is 0 Å². The fourth-order valence-corrected chi connectivity index (χ4v) is 1.90. The van der Waals surface area contributed by atoms with Crippen molar-refractivity contribution >= 4 is 28.7 Å². The quantitative estimate of drug-likeness (QED) is 0.820. The van der Waals surface area contributed by atoms with E-state index in [-0.39, 0.29) is 5.82 Å². The Kier molecular flexibility index (Phi) is 4.47. The summed E-state index contributed by atoms with van der Waals surface area (Å²) < 4.78 is 13.4. The second-order valence-electron chi connectivity index (χ2n) is 4.11. The lowest BCUT2D eigenvalue weighted by atomic mass is 10.1. The lowest BCUT2D eigenvalue weighted by Gasteiger charge is -2.11. The fraction of sp³-hybridized carbons (Fsp3) is 0.133. The van der Waals surface area contributed by atoms with E-state index in [1.165, 1.54) is 11.6 Å². The molecule has 0 aromatic heterocycles. The van der Waals surface area contributed by atoms with Gasteiger partial charge in [-0.05, 0) is 48.5 Å². The van der Waals surface area contributed by atoms with Crippen molar-refractivity contribution in [2.24, 2.45) is 0 Å². The summed E-state index contributed by atoms with van der Waals surface area (Å²) in [5.41, 5.74) is 2.51. The zero-order valence-corrected chi connectivity index (χ0v) is 11.4. The van der Waals surface area contributed by atoms with Crippen molar-refractivity contribution in [1.29, 1.82) is 0 Å². The zero-order valence-electron chi connectivity index (χ0n) is 10.6. The highest BCUT2D eigenvalue weighted by atomic mass is 32.1. The minimum atomic E-state index is -0.326. The predicted molar refractivity (Wildman–Crippen MR) is 82.1 cm³/mol. The number of rotatable bonds is 3. The van der Waals surface area contributed by atoms with Gasteiger partial charge >= 0.3 is 0 Å². The van der Waals surface area contributed by atoms with Crippen molar-refractivity contribution in [2.45, 2.75) is 13.3 Å². The molecule has 0 spiro atoms. The number of thiocarbonyl (C=S) groups is 1. The standard InChI is InChI=1S/C15H15FN2S/c1-2-11-7-9-12(10-8-11)17-15(19)18-14-6-4-3-5-13(14)16/h3-10H,2H2,1H3,(H2,17,18,19). The van der Waals surface area contributed by atoms with Gasteiger partial charge in [0, 0.05) is 5.69 Å². The Bertz CT molecular complexity index is 567. The van der Waals surface area contributed by atoms with Crippen LogP contribution in [0.2, 0.25) is 0 Å². The molecule has 0 atom stereocenters.